The molecule has 25 heavy (non-hydrogen) atoms. The summed E-state index contributed by atoms with van der Waals surface area (Å²) in [5, 5.41) is 24.9. The lowest BCUT2D eigenvalue weighted by atomic mass is 10.1. The van der Waals surface area contributed by atoms with Gasteiger partial charge in [-0.05, 0) is 25.5 Å². The third-order valence-corrected chi connectivity index (χ3v) is 3.46. The van der Waals surface area contributed by atoms with Crippen LogP contribution in [0.15, 0.2) is 30.3 Å². The summed E-state index contributed by atoms with van der Waals surface area (Å²) in [6.07, 6.45) is -4.95. The van der Waals surface area contributed by atoms with E-state index in [2.05, 4.69) is 5.32 Å². The zero-order valence-electron chi connectivity index (χ0n) is 13.0. The highest BCUT2D eigenvalue weighted by atomic mass is 19.4. The Kier molecular flexibility index (Phi) is 4.64. The van der Waals surface area contributed by atoms with Gasteiger partial charge in [0.1, 0.15) is 0 Å². The van der Waals surface area contributed by atoms with Crippen molar-refractivity contribution in [2.45, 2.75) is 20.0 Å². The second kappa shape index (κ2) is 6.38. The molecule has 132 valence electrons. The molecule has 0 heterocycles. The predicted octanol–water partition coefficient (Wildman–Crippen LogP) is 4.88. The number of nitrogens with zero attached hydrogens (tertiary/aromatic N) is 2. The molecule has 0 fully saturated rings. The summed E-state index contributed by atoms with van der Waals surface area (Å²) in [5.41, 5.74) is -2.28. The largest absolute Gasteiger partial charge is 0.416 e. The van der Waals surface area contributed by atoms with Crippen LogP contribution in [0.2, 0.25) is 0 Å². The fraction of sp³-hybridized carbons (Fsp3) is 0.200. The number of nitro benzene ring substituents is 2. The van der Waals surface area contributed by atoms with Crippen molar-refractivity contribution in [3.63, 3.8) is 0 Å². The van der Waals surface area contributed by atoms with Crippen LogP contribution in [0.4, 0.5) is 35.9 Å². The van der Waals surface area contributed by atoms with Gasteiger partial charge in [0, 0.05) is 17.8 Å². The second-order valence-electron chi connectivity index (χ2n) is 5.34. The highest BCUT2D eigenvalue weighted by Crippen LogP contribution is 2.42. The van der Waals surface area contributed by atoms with Crippen LogP contribution in [0.5, 0.6) is 0 Å². The molecule has 0 atom stereocenters. The first-order chi connectivity index (χ1) is 11.5. The highest BCUT2D eigenvalue weighted by molar-refractivity contribution is 5.80. The van der Waals surface area contributed by atoms with Crippen molar-refractivity contribution in [1.29, 1.82) is 0 Å². The van der Waals surface area contributed by atoms with Gasteiger partial charge in [-0.15, -0.1) is 0 Å². The molecule has 0 spiro atoms. The van der Waals surface area contributed by atoms with Crippen LogP contribution in [0.3, 0.4) is 0 Å². The van der Waals surface area contributed by atoms with E-state index in [9.17, 15) is 33.4 Å². The maximum atomic E-state index is 12.9. The van der Waals surface area contributed by atoms with Crippen LogP contribution < -0.4 is 5.32 Å². The van der Waals surface area contributed by atoms with Gasteiger partial charge in [-0.3, -0.25) is 20.2 Å². The molecule has 0 aliphatic rings. The van der Waals surface area contributed by atoms with Crippen LogP contribution >= 0.6 is 0 Å². The molecule has 0 saturated carbocycles. The molecular formula is C15H12F3N3O4. The quantitative estimate of drug-likeness (QED) is 0.622. The minimum Gasteiger partial charge on any atom is -0.344 e. The molecule has 2 aromatic rings. The minimum atomic E-state index is -4.95. The number of aryl methyl sites for hydroxylation is 2. The predicted molar refractivity (Wildman–Crippen MR) is 84.0 cm³/mol. The molecule has 0 aliphatic carbocycles. The van der Waals surface area contributed by atoms with Crippen molar-refractivity contribution < 1.29 is 23.0 Å². The number of nitro groups is 2. The van der Waals surface area contributed by atoms with Crippen molar-refractivity contribution in [2.75, 3.05) is 5.32 Å². The Labute approximate surface area is 139 Å². The number of nitrogens with one attached hydrogen (secondary N) is 1. The van der Waals surface area contributed by atoms with E-state index in [1.165, 1.54) is 6.07 Å². The second-order valence-corrected chi connectivity index (χ2v) is 5.34. The number of hydrogen-bond donors (Lipinski definition) is 1. The molecule has 0 amide bonds. The van der Waals surface area contributed by atoms with E-state index in [0.717, 1.165) is 5.56 Å². The summed E-state index contributed by atoms with van der Waals surface area (Å²) >= 11 is 0. The number of anilines is 2. The third kappa shape index (κ3) is 3.84. The third-order valence-electron chi connectivity index (χ3n) is 3.46. The molecule has 0 radical (unpaired) electrons. The summed E-state index contributed by atoms with van der Waals surface area (Å²) < 4.78 is 38.6. The van der Waals surface area contributed by atoms with Crippen LogP contribution in [-0.2, 0) is 6.18 Å². The Balaban J connectivity index is 2.70. The average molecular weight is 355 g/mol. The molecule has 2 rings (SSSR count). The maximum Gasteiger partial charge on any atom is 0.416 e. The first-order valence-electron chi connectivity index (χ1n) is 6.89. The zero-order valence-corrected chi connectivity index (χ0v) is 13.0. The first-order valence-corrected chi connectivity index (χ1v) is 6.89. The molecule has 0 aromatic heterocycles. The minimum absolute atomic E-state index is 0.277. The van der Waals surface area contributed by atoms with E-state index in [1.54, 1.807) is 26.0 Å². The van der Waals surface area contributed by atoms with Gasteiger partial charge in [0.25, 0.3) is 11.4 Å². The fourth-order valence-corrected chi connectivity index (χ4v) is 2.28. The summed E-state index contributed by atoms with van der Waals surface area (Å²) in [5.74, 6) is 0. The Morgan fingerprint density at radius 3 is 1.88 bits per heavy atom. The lowest BCUT2D eigenvalue weighted by Crippen LogP contribution is -2.09. The summed E-state index contributed by atoms with van der Waals surface area (Å²) in [6.45, 7) is 3.47. The van der Waals surface area contributed by atoms with Crippen LogP contribution in [0.1, 0.15) is 16.7 Å². The summed E-state index contributed by atoms with van der Waals surface area (Å²) in [7, 11) is 0. The highest BCUT2D eigenvalue weighted by Gasteiger charge is 2.37. The van der Waals surface area contributed by atoms with Gasteiger partial charge >= 0.3 is 6.18 Å². The van der Waals surface area contributed by atoms with Crippen molar-refractivity contribution in [3.05, 3.63) is 67.3 Å². The van der Waals surface area contributed by atoms with E-state index in [1.807, 2.05) is 0 Å². The molecule has 2 aromatic carbocycles. The normalized spacial score (nSPS) is 11.2. The SMILES string of the molecule is Cc1ccc(Nc2c([N+](=O)[O-])cc(C(F)(F)F)cc2[N+](=O)[O-])c(C)c1. The summed E-state index contributed by atoms with van der Waals surface area (Å²) in [4.78, 5) is 20.2. The van der Waals surface area contributed by atoms with Gasteiger partial charge in [0.2, 0.25) is 0 Å². The lowest BCUT2D eigenvalue weighted by molar-refractivity contribution is -0.392. The average Bonchev–Trinajstić information content (AvgIpc) is 2.48. The lowest BCUT2D eigenvalue weighted by Gasteiger charge is -2.13. The number of halogens is 3. The molecule has 7 nitrogen and oxygen atoms in total. The topological polar surface area (TPSA) is 98.3 Å². The van der Waals surface area contributed by atoms with Crippen LogP contribution in [0.25, 0.3) is 0 Å². The van der Waals surface area contributed by atoms with E-state index in [4.69, 9.17) is 0 Å². The molecule has 0 unspecified atom stereocenters. The molecule has 0 saturated heterocycles. The number of alkyl halides is 3. The van der Waals surface area contributed by atoms with Gasteiger partial charge in [0.05, 0.1) is 15.4 Å². The van der Waals surface area contributed by atoms with Gasteiger partial charge in [-0.25, -0.2) is 0 Å². The Hall–Kier alpha value is -3.17. The fourth-order valence-electron chi connectivity index (χ4n) is 2.28. The summed E-state index contributed by atoms with van der Waals surface area (Å²) in [6, 6.07) is 5.48. The number of benzene rings is 2. The molecule has 0 bridgehead atoms. The van der Waals surface area contributed by atoms with Crippen molar-refractivity contribution in [2.24, 2.45) is 0 Å². The van der Waals surface area contributed by atoms with Crippen LogP contribution in [0, 0.1) is 34.1 Å². The van der Waals surface area contributed by atoms with Gasteiger partial charge in [-0.1, -0.05) is 17.7 Å². The molecular weight excluding hydrogens is 343 g/mol. The molecule has 1 N–H and O–H groups in total. The smallest absolute Gasteiger partial charge is 0.344 e. The molecule has 10 heteroatoms. The Bertz CT molecular complexity index is 831. The van der Waals surface area contributed by atoms with E-state index in [-0.39, 0.29) is 12.1 Å². The Morgan fingerprint density at radius 2 is 1.48 bits per heavy atom. The first kappa shape index (κ1) is 18.2. The van der Waals surface area contributed by atoms with Crippen molar-refractivity contribution in [3.8, 4) is 0 Å². The van der Waals surface area contributed by atoms with Crippen LogP contribution in [-0.4, -0.2) is 9.85 Å². The van der Waals surface area contributed by atoms with E-state index >= 15 is 0 Å². The molecule has 0 aliphatic heterocycles. The number of rotatable bonds is 4. The zero-order chi connectivity index (χ0) is 18.9. The van der Waals surface area contributed by atoms with E-state index in [0.29, 0.717) is 11.3 Å². The van der Waals surface area contributed by atoms with Crippen molar-refractivity contribution >= 4 is 22.7 Å². The van der Waals surface area contributed by atoms with Gasteiger partial charge in [0.15, 0.2) is 5.69 Å². The van der Waals surface area contributed by atoms with Crippen molar-refractivity contribution in [1.82, 2.24) is 0 Å². The number of hydrogen-bond acceptors (Lipinski definition) is 5. The van der Waals surface area contributed by atoms with E-state index < -0.39 is 38.6 Å². The van der Waals surface area contributed by atoms with Gasteiger partial charge < -0.3 is 5.32 Å². The Morgan fingerprint density at radius 1 is 0.960 bits per heavy atom. The maximum absolute atomic E-state index is 12.9. The van der Waals surface area contributed by atoms with Gasteiger partial charge in [-0.2, -0.15) is 13.2 Å². The monoisotopic (exact) mass is 355 g/mol. The standard InChI is InChI=1S/C15H12F3N3O4/c1-8-3-4-11(9(2)5-8)19-14-12(20(22)23)6-10(15(16,17)18)7-13(14)21(24)25/h3-7,19H,1-2H3.